The van der Waals surface area contributed by atoms with Gasteiger partial charge >= 0.3 is 8.25 Å². The second-order valence-corrected chi connectivity index (χ2v) is 3.96. The van der Waals surface area contributed by atoms with Crippen molar-refractivity contribution in [3.63, 3.8) is 0 Å². The van der Waals surface area contributed by atoms with E-state index in [9.17, 15) is 4.57 Å². The van der Waals surface area contributed by atoms with Crippen LogP contribution in [0.2, 0.25) is 0 Å². The zero-order chi connectivity index (χ0) is 11.1. The summed E-state index contributed by atoms with van der Waals surface area (Å²) in [5.41, 5.74) is 1.07. The van der Waals surface area contributed by atoms with Crippen molar-refractivity contribution >= 4 is 8.25 Å². The third-order valence-corrected chi connectivity index (χ3v) is 2.37. The molecule has 5 heteroatoms. The molecule has 84 valence electrons. The number of benzene rings is 1. The molecule has 4 nitrogen and oxygen atoms in total. The third-order valence-electron chi connectivity index (χ3n) is 1.77. The Bertz CT molecular complexity index is 302. The minimum absolute atomic E-state index is 0.311. The molecule has 1 N–H and O–H groups in total. The standard InChI is InChI=1S/C10H15O4P/c1-9(14-15(11)12)7-13-8-10-5-3-2-4-6-10/h2-6,9,15H,7-8H2,1H3,(H,11,12). The van der Waals surface area contributed by atoms with Crippen molar-refractivity contribution in [3.05, 3.63) is 35.9 Å². The highest BCUT2D eigenvalue weighted by Gasteiger charge is 2.04. The average molecular weight is 230 g/mol. The highest BCUT2D eigenvalue weighted by atomic mass is 31.1. The van der Waals surface area contributed by atoms with Gasteiger partial charge < -0.3 is 14.2 Å². The molecular formula is C10H15O4P. The predicted molar refractivity (Wildman–Crippen MR) is 57.9 cm³/mol. The van der Waals surface area contributed by atoms with E-state index in [-0.39, 0.29) is 6.10 Å². The van der Waals surface area contributed by atoms with Crippen molar-refractivity contribution < 1.29 is 18.7 Å². The van der Waals surface area contributed by atoms with E-state index >= 15 is 0 Å². The van der Waals surface area contributed by atoms with Crippen LogP contribution in [-0.2, 0) is 20.4 Å². The van der Waals surface area contributed by atoms with Crippen LogP contribution < -0.4 is 0 Å². The van der Waals surface area contributed by atoms with Crippen LogP contribution in [0, 0.1) is 0 Å². The van der Waals surface area contributed by atoms with E-state index < -0.39 is 8.25 Å². The molecule has 2 unspecified atom stereocenters. The van der Waals surface area contributed by atoms with E-state index in [1.54, 1.807) is 6.92 Å². The molecule has 0 amide bonds. The molecule has 0 spiro atoms. The predicted octanol–water partition coefficient (Wildman–Crippen LogP) is 1.99. The Hall–Kier alpha value is -0.670. The summed E-state index contributed by atoms with van der Waals surface area (Å²) in [6, 6.07) is 9.73. The van der Waals surface area contributed by atoms with Gasteiger partial charge in [0.2, 0.25) is 0 Å². The van der Waals surface area contributed by atoms with Gasteiger partial charge in [-0.1, -0.05) is 30.3 Å². The summed E-state index contributed by atoms with van der Waals surface area (Å²) in [5, 5.41) is 0. The van der Waals surface area contributed by atoms with Crippen LogP contribution in [0.15, 0.2) is 30.3 Å². The van der Waals surface area contributed by atoms with Crippen LogP contribution in [0.4, 0.5) is 0 Å². The van der Waals surface area contributed by atoms with E-state index in [1.165, 1.54) is 0 Å². The SMILES string of the molecule is CC(COCc1ccccc1)O[PH](=O)O. The van der Waals surface area contributed by atoms with Crippen LogP contribution in [-0.4, -0.2) is 17.6 Å². The lowest BCUT2D eigenvalue weighted by atomic mass is 10.2. The fourth-order valence-electron chi connectivity index (χ4n) is 1.12. The molecule has 0 bridgehead atoms. The summed E-state index contributed by atoms with van der Waals surface area (Å²) in [6.45, 7) is 2.50. The molecule has 2 atom stereocenters. The Morgan fingerprint density at radius 2 is 2.07 bits per heavy atom. The zero-order valence-electron chi connectivity index (χ0n) is 8.55. The minimum Gasteiger partial charge on any atom is -0.374 e. The van der Waals surface area contributed by atoms with Crippen molar-refractivity contribution in [3.8, 4) is 0 Å². The van der Waals surface area contributed by atoms with E-state index in [0.29, 0.717) is 13.2 Å². The van der Waals surface area contributed by atoms with Gasteiger partial charge in [-0.3, -0.25) is 4.57 Å². The first-order valence-corrected chi connectivity index (χ1v) is 5.96. The highest BCUT2D eigenvalue weighted by molar-refractivity contribution is 7.32. The Labute approximate surface area is 89.8 Å². The molecule has 1 aromatic carbocycles. The van der Waals surface area contributed by atoms with Gasteiger partial charge in [0.25, 0.3) is 0 Å². The number of hydrogen-bond donors (Lipinski definition) is 1. The average Bonchev–Trinajstić information content (AvgIpc) is 2.18. The lowest BCUT2D eigenvalue weighted by molar-refractivity contribution is 0.0479. The normalized spacial score (nSPS) is 14.8. The molecule has 0 saturated carbocycles. The summed E-state index contributed by atoms with van der Waals surface area (Å²) in [5.74, 6) is 0. The molecule has 0 aromatic heterocycles. The lowest BCUT2D eigenvalue weighted by Crippen LogP contribution is -2.12. The molecule has 0 aliphatic heterocycles. The molecule has 0 fully saturated rings. The van der Waals surface area contributed by atoms with Crippen molar-refractivity contribution in [1.82, 2.24) is 0 Å². The largest absolute Gasteiger partial charge is 0.374 e. The van der Waals surface area contributed by atoms with Gasteiger partial charge in [0, 0.05) is 0 Å². The van der Waals surface area contributed by atoms with Gasteiger partial charge in [-0.15, -0.1) is 0 Å². The second-order valence-electron chi connectivity index (χ2n) is 3.20. The molecule has 0 aliphatic carbocycles. The zero-order valence-corrected chi connectivity index (χ0v) is 9.55. The molecule has 1 rings (SSSR count). The summed E-state index contributed by atoms with van der Waals surface area (Å²) in [4.78, 5) is 8.51. The monoisotopic (exact) mass is 230 g/mol. The quantitative estimate of drug-likeness (QED) is 0.759. The fraction of sp³-hybridized carbons (Fsp3) is 0.400. The van der Waals surface area contributed by atoms with Gasteiger partial charge in [0.05, 0.1) is 19.3 Å². The summed E-state index contributed by atoms with van der Waals surface area (Å²) < 4.78 is 20.3. The van der Waals surface area contributed by atoms with Crippen LogP contribution in [0.1, 0.15) is 12.5 Å². The fourth-order valence-corrected chi connectivity index (χ4v) is 1.54. The maximum atomic E-state index is 10.4. The Balaban J connectivity index is 2.19. The Morgan fingerprint density at radius 3 is 2.67 bits per heavy atom. The number of hydrogen-bond acceptors (Lipinski definition) is 3. The lowest BCUT2D eigenvalue weighted by Gasteiger charge is -2.10. The van der Waals surface area contributed by atoms with Crippen LogP contribution >= 0.6 is 8.25 Å². The molecule has 0 saturated heterocycles. The minimum atomic E-state index is -2.86. The van der Waals surface area contributed by atoms with E-state index in [0.717, 1.165) is 5.56 Å². The van der Waals surface area contributed by atoms with Crippen molar-refractivity contribution in [2.45, 2.75) is 19.6 Å². The van der Waals surface area contributed by atoms with Crippen LogP contribution in [0.25, 0.3) is 0 Å². The highest BCUT2D eigenvalue weighted by Crippen LogP contribution is 2.17. The second kappa shape index (κ2) is 6.75. The van der Waals surface area contributed by atoms with Gasteiger partial charge in [0.15, 0.2) is 0 Å². The molecule has 0 heterocycles. The summed E-state index contributed by atoms with van der Waals surface area (Å²) in [7, 11) is -2.86. The summed E-state index contributed by atoms with van der Waals surface area (Å²) in [6.07, 6.45) is -0.356. The first kappa shape index (κ1) is 12.4. The van der Waals surface area contributed by atoms with Crippen molar-refractivity contribution in [1.29, 1.82) is 0 Å². The number of rotatable bonds is 6. The Kier molecular flexibility index (Phi) is 5.58. The molecule has 1 aromatic rings. The molecule has 0 radical (unpaired) electrons. The molecule has 0 aliphatic rings. The van der Waals surface area contributed by atoms with Gasteiger partial charge in [-0.2, -0.15) is 0 Å². The van der Waals surface area contributed by atoms with Crippen molar-refractivity contribution in [2.24, 2.45) is 0 Å². The van der Waals surface area contributed by atoms with E-state index in [4.69, 9.17) is 9.63 Å². The molecular weight excluding hydrogens is 215 g/mol. The maximum absolute atomic E-state index is 10.4. The maximum Gasteiger partial charge on any atom is 0.316 e. The third kappa shape index (κ3) is 5.70. The first-order chi connectivity index (χ1) is 7.18. The van der Waals surface area contributed by atoms with E-state index in [2.05, 4.69) is 4.52 Å². The van der Waals surface area contributed by atoms with Crippen LogP contribution in [0.3, 0.4) is 0 Å². The summed E-state index contributed by atoms with van der Waals surface area (Å²) >= 11 is 0. The van der Waals surface area contributed by atoms with Crippen molar-refractivity contribution in [2.75, 3.05) is 6.61 Å². The first-order valence-electron chi connectivity index (χ1n) is 4.69. The topological polar surface area (TPSA) is 55.8 Å². The Morgan fingerprint density at radius 1 is 1.40 bits per heavy atom. The van der Waals surface area contributed by atoms with Crippen LogP contribution in [0.5, 0.6) is 0 Å². The van der Waals surface area contributed by atoms with Gasteiger partial charge in [-0.25, -0.2) is 0 Å². The van der Waals surface area contributed by atoms with Gasteiger partial charge in [0.1, 0.15) is 0 Å². The van der Waals surface area contributed by atoms with E-state index in [1.807, 2.05) is 30.3 Å². The number of ether oxygens (including phenoxy) is 1. The molecule has 15 heavy (non-hydrogen) atoms. The van der Waals surface area contributed by atoms with Gasteiger partial charge in [-0.05, 0) is 12.5 Å². The smallest absolute Gasteiger partial charge is 0.316 e.